The SMILES string of the molecule is CC(C)c1cccc(C2(c3nc4c(c(=O)[nH]3)CN(C(=O)C(O)c3cccc(Br)c3)CCC4)CC2)c1. The van der Waals surface area contributed by atoms with Gasteiger partial charge in [-0.15, -0.1) is 0 Å². The lowest BCUT2D eigenvalue weighted by Crippen LogP contribution is -2.36. The number of benzene rings is 2. The van der Waals surface area contributed by atoms with Gasteiger partial charge in [0.2, 0.25) is 0 Å². The van der Waals surface area contributed by atoms with E-state index in [1.165, 1.54) is 11.1 Å². The number of aromatic amines is 1. The van der Waals surface area contributed by atoms with Crippen LogP contribution in [0.5, 0.6) is 0 Å². The van der Waals surface area contributed by atoms with Gasteiger partial charge in [-0.25, -0.2) is 4.98 Å². The highest BCUT2D eigenvalue weighted by Gasteiger charge is 2.49. The smallest absolute Gasteiger partial charge is 0.256 e. The molecule has 35 heavy (non-hydrogen) atoms. The van der Waals surface area contributed by atoms with Crippen LogP contribution in [0, 0.1) is 0 Å². The number of hydrogen-bond donors (Lipinski definition) is 2. The van der Waals surface area contributed by atoms with Gasteiger partial charge in [-0.3, -0.25) is 9.59 Å². The zero-order valence-corrected chi connectivity index (χ0v) is 21.6. The Hall–Kier alpha value is -2.77. The first kappa shape index (κ1) is 23.9. The van der Waals surface area contributed by atoms with Gasteiger partial charge in [-0.2, -0.15) is 0 Å². The van der Waals surface area contributed by atoms with Crippen molar-refractivity contribution in [3.63, 3.8) is 0 Å². The molecule has 1 aromatic heterocycles. The number of carbonyl (C=O) groups is 1. The molecular formula is C28H30BrN3O3. The number of H-pyrrole nitrogens is 1. The second-order valence-electron chi connectivity index (χ2n) is 10.0. The van der Waals surface area contributed by atoms with Crippen LogP contribution in [0.3, 0.4) is 0 Å². The van der Waals surface area contributed by atoms with Crippen molar-refractivity contribution in [3.05, 3.63) is 97.1 Å². The fraction of sp³-hybridized carbons (Fsp3) is 0.393. The third-order valence-electron chi connectivity index (χ3n) is 7.31. The van der Waals surface area contributed by atoms with Crippen molar-refractivity contribution in [3.8, 4) is 0 Å². The molecule has 0 bridgehead atoms. The average molecular weight is 536 g/mol. The Kier molecular flexibility index (Phi) is 6.40. The first-order valence-corrected chi connectivity index (χ1v) is 13.0. The maximum Gasteiger partial charge on any atom is 0.256 e. The quantitative estimate of drug-likeness (QED) is 0.493. The lowest BCUT2D eigenvalue weighted by molar-refractivity contribution is -0.141. The van der Waals surface area contributed by atoms with Crippen LogP contribution in [-0.2, 0) is 23.2 Å². The molecule has 1 aliphatic carbocycles. The summed E-state index contributed by atoms with van der Waals surface area (Å²) in [6, 6.07) is 15.7. The van der Waals surface area contributed by atoms with E-state index < -0.39 is 12.0 Å². The van der Waals surface area contributed by atoms with Crippen LogP contribution in [-0.4, -0.2) is 32.4 Å². The van der Waals surface area contributed by atoms with E-state index in [0.29, 0.717) is 36.4 Å². The predicted molar refractivity (Wildman–Crippen MR) is 138 cm³/mol. The van der Waals surface area contributed by atoms with Gasteiger partial charge in [0, 0.05) is 11.0 Å². The Balaban J connectivity index is 1.43. The lowest BCUT2D eigenvalue weighted by Gasteiger charge is -2.24. The summed E-state index contributed by atoms with van der Waals surface area (Å²) in [5, 5.41) is 10.7. The molecule has 0 saturated heterocycles. The Morgan fingerprint density at radius 3 is 2.60 bits per heavy atom. The standard InChI is InChI=1S/C28H30BrN3O3/c1-17(2)18-6-3-8-20(14-18)28(11-12-28)27-30-23-10-5-13-32(16-22(23)25(34)31-27)26(35)24(33)19-7-4-9-21(29)15-19/h3-4,6-9,14-15,17,24,33H,5,10-13,16H2,1-2H3,(H,30,31,34). The summed E-state index contributed by atoms with van der Waals surface area (Å²) in [6.07, 6.45) is 1.96. The van der Waals surface area contributed by atoms with Crippen molar-refractivity contribution < 1.29 is 9.90 Å². The van der Waals surface area contributed by atoms with Gasteiger partial charge in [0.15, 0.2) is 6.10 Å². The third kappa shape index (κ3) is 4.59. The summed E-state index contributed by atoms with van der Waals surface area (Å²) in [4.78, 5) is 36.0. The van der Waals surface area contributed by atoms with Crippen molar-refractivity contribution in [2.75, 3.05) is 6.54 Å². The van der Waals surface area contributed by atoms with Crippen molar-refractivity contribution in [1.82, 2.24) is 14.9 Å². The number of aryl methyl sites for hydroxylation is 1. The third-order valence-corrected chi connectivity index (χ3v) is 7.80. The molecular weight excluding hydrogens is 506 g/mol. The van der Waals surface area contributed by atoms with Gasteiger partial charge in [-0.05, 0) is 60.4 Å². The topological polar surface area (TPSA) is 86.3 Å². The first-order valence-electron chi connectivity index (χ1n) is 12.2. The Labute approximate surface area is 213 Å². The second kappa shape index (κ2) is 9.36. The minimum absolute atomic E-state index is 0.150. The summed E-state index contributed by atoms with van der Waals surface area (Å²) in [7, 11) is 0. The van der Waals surface area contributed by atoms with Crippen molar-refractivity contribution in [1.29, 1.82) is 0 Å². The van der Waals surface area contributed by atoms with Crippen molar-refractivity contribution >= 4 is 21.8 Å². The largest absolute Gasteiger partial charge is 0.378 e. The maximum atomic E-state index is 13.3. The van der Waals surface area contributed by atoms with E-state index in [-0.39, 0.29) is 17.5 Å². The first-order chi connectivity index (χ1) is 16.8. The van der Waals surface area contributed by atoms with Gasteiger partial charge in [0.05, 0.1) is 23.2 Å². The molecule has 1 fully saturated rings. The Morgan fingerprint density at radius 1 is 1.14 bits per heavy atom. The highest BCUT2D eigenvalue weighted by Crippen LogP contribution is 2.52. The van der Waals surface area contributed by atoms with Crippen LogP contribution < -0.4 is 5.56 Å². The number of fused-ring (bicyclic) bond motifs is 1. The highest BCUT2D eigenvalue weighted by molar-refractivity contribution is 9.10. The lowest BCUT2D eigenvalue weighted by atomic mass is 9.90. The molecule has 1 atom stereocenters. The average Bonchev–Trinajstić information content (AvgIpc) is 3.68. The fourth-order valence-electron chi connectivity index (χ4n) is 5.01. The van der Waals surface area contributed by atoms with Crippen LogP contribution in [0.25, 0.3) is 0 Å². The molecule has 0 spiro atoms. The molecule has 7 heteroatoms. The van der Waals surface area contributed by atoms with E-state index in [9.17, 15) is 14.7 Å². The Bertz CT molecular complexity index is 1330. The molecule has 2 aliphatic rings. The molecule has 2 N–H and O–H groups in total. The number of nitrogens with zero attached hydrogens (tertiary/aromatic N) is 2. The number of aliphatic hydroxyl groups is 1. The maximum absolute atomic E-state index is 13.3. The second-order valence-corrected chi connectivity index (χ2v) is 10.9. The van der Waals surface area contributed by atoms with Crippen molar-refractivity contribution in [2.24, 2.45) is 0 Å². The van der Waals surface area contributed by atoms with E-state index in [0.717, 1.165) is 28.8 Å². The highest BCUT2D eigenvalue weighted by atomic mass is 79.9. The normalized spacial score (nSPS) is 17.6. The van der Waals surface area contributed by atoms with E-state index in [2.05, 4.69) is 59.0 Å². The van der Waals surface area contributed by atoms with E-state index in [4.69, 9.17) is 4.98 Å². The number of aromatic nitrogens is 2. The molecule has 6 nitrogen and oxygen atoms in total. The molecule has 1 amide bonds. The molecule has 2 heterocycles. The van der Waals surface area contributed by atoms with Crippen LogP contribution >= 0.6 is 15.9 Å². The van der Waals surface area contributed by atoms with Crippen LogP contribution in [0.4, 0.5) is 0 Å². The summed E-state index contributed by atoms with van der Waals surface area (Å²) in [6.45, 7) is 4.98. The van der Waals surface area contributed by atoms with E-state index in [1.807, 2.05) is 6.07 Å². The number of nitrogens with one attached hydrogen (secondary N) is 1. The zero-order chi connectivity index (χ0) is 24.7. The van der Waals surface area contributed by atoms with Gasteiger partial charge in [-0.1, -0.05) is 66.2 Å². The fourth-order valence-corrected chi connectivity index (χ4v) is 5.43. The number of aliphatic hydroxyl groups excluding tert-OH is 1. The van der Waals surface area contributed by atoms with Crippen LogP contribution in [0.15, 0.2) is 57.8 Å². The predicted octanol–water partition coefficient (Wildman–Crippen LogP) is 4.74. The molecule has 1 saturated carbocycles. The summed E-state index contributed by atoms with van der Waals surface area (Å²) < 4.78 is 0.796. The molecule has 2 aromatic carbocycles. The number of carbonyl (C=O) groups excluding carboxylic acids is 1. The van der Waals surface area contributed by atoms with Gasteiger partial charge >= 0.3 is 0 Å². The Morgan fingerprint density at radius 2 is 1.89 bits per heavy atom. The minimum atomic E-state index is -1.27. The van der Waals surface area contributed by atoms with E-state index >= 15 is 0 Å². The monoisotopic (exact) mass is 535 g/mol. The number of amides is 1. The summed E-state index contributed by atoms with van der Waals surface area (Å²) >= 11 is 3.38. The summed E-state index contributed by atoms with van der Waals surface area (Å²) in [5.74, 6) is 0.764. The number of halogens is 1. The van der Waals surface area contributed by atoms with Gasteiger partial charge < -0.3 is 15.0 Å². The molecule has 1 aliphatic heterocycles. The molecule has 1 unspecified atom stereocenters. The molecule has 5 rings (SSSR count). The van der Waals surface area contributed by atoms with Gasteiger partial charge in [0.25, 0.3) is 11.5 Å². The number of hydrogen-bond acceptors (Lipinski definition) is 4. The minimum Gasteiger partial charge on any atom is -0.378 e. The molecule has 3 aromatic rings. The van der Waals surface area contributed by atoms with Crippen molar-refractivity contribution in [2.45, 2.75) is 63.5 Å². The molecule has 0 radical (unpaired) electrons. The van der Waals surface area contributed by atoms with Crippen LogP contribution in [0.1, 0.15) is 78.9 Å². The van der Waals surface area contributed by atoms with Gasteiger partial charge in [0.1, 0.15) is 5.82 Å². The summed E-state index contributed by atoms with van der Waals surface area (Å²) in [5.41, 5.74) is 3.87. The molecule has 182 valence electrons. The van der Waals surface area contributed by atoms with E-state index in [1.54, 1.807) is 23.1 Å². The zero-order valence-electron chi connectivity index (χ0n) is 20.1. The van der Waals surface area contributed by atoms with Crippen LogP contribution in [0.2, 0.25) is 0 Å². The number of rotatable bonds is 5.